The van der Waals surface area contributed by atoms with E-state index in [1.165, 1.54) is 0 Å². The number of carbonyl (C=O) groups is 1. The molecule has 2 N–H and O–H groups in total. The lowest BCUT2D eigenvalue weighted by Crippen LogP contribution is -2.38. The summed E-state index contributed by atoms with van der Waals surface area (Å²) in [6.45, 7) is 8.00. The third kappa shape index (κ3) is 7.42. The van der Waals surface area contributed by atoms with E-state index in [1.807, 2.05) is 45.2 Å². The molecule has 1 unspecified atom stereocenters. The van der Waals surface area contributed by atoms with Gasteiger partial charge >= 0.3 is 0 Å². The van der Waals surface area contributed by atoms with E-state index in [-0.39, 0.29) is 12.0 Å². The number of nitrogens with one attached hydrogen (secondary N) is 2. The first-order valence-corrected chi connectivity index (χ1v) is 11.2. The Morgan fingerprint density at radius 3 is 2.87 bits per heavy atom. The van der Waals surface area contributed by atoms with Crippen LogP contribution in [0.2, 0.25) is 0 Å². The molecular weight excluding hydrogens is 398 g/mol. The van der Waals surface area contributed by atoms with Gasteiger partial charge in [0.2, 0.25) is 5.91 Å². The maximum absolute atomic E-state index is 11.8. The van der Waals surface area contributed by atoms with Crippen molar-refractivity contribution in [1.82, 2.24) is 15.2 Å². The highest BCUT2D eigenvalue weighted by Gasteiger charge is 2.13. The van der Waals surface area contributed by atoms with Gasteiger partial charge < -0.3 is 20.3 Å². The molecule has 2 aromatic rings. The zero-order valence-corrected chi connectivity index (χ0v) is 19.4. The van der Waals surface area contributed by atoms with Gasteiger partial charge in [0.1, 0.15) is 11.1 Å². The molecule has 0 fully saturated rings. The monoisotopic (exact) mass is 431 g/mol. The van der Waals surface area contributed by atoms with Crippen LogP contribution in [0.15, 0.2) is 34.6 Å². The summed E-state index contributed by atoms with van der Waals surface area (Å²) < 4.78 is 5.35. The van der Waals surface area contributed by atoms with Crippen LogP contribution in [-0.4, -0.2) is 42.5 Å². The normalized spacial score (nSPS) is 12.5. The molecule has 30 heavy (non-hydrogen) atoms. The first kappa shape index (κ1) is 23.8. The van der Waals surface area contributed by atoms with Gasteiger partial charge in [-0.05, 0) is 38.0 Å². The average Bonchev–Trinajstić information content (AvgIpc) is 3.19. The summed E-state index contributed by atoms with van der Waals surface area (Å²) >= 11 is 1.61. The zero-order valence-electron chi connectivity index (χ0n) is 18.6. The molecule has 1 atom stereocenters. The minimum Gasteiger partial charge on any atom is -0.375 e. The van der Waals surface area contributed by atoms with Gasteiger partial charge in [0.15, 0.2) is 5.96 Å². The molecule has 2 rings (SSSR count). The van der Waals surface area contributed by atoms with Crippen molar-refractivity contribution >= 4 is 28.9 Å². The lowest BCUT2D eigenvalue weighted by Gasteiger charge is -2.21. The van der Waals surface area contributed by atoms with E-state index in [0.717, 1.165) is 40.9 Å². The Morgan fingerprint density at radius 2 is 2.17 bits per heavy atom. The van der Waals surface area contributed by atoms with Crippen LogP contribution in [0, 0.1) is 0 Å². The smallest absolute Gasteiger partial charge is 0.224 e. The Kier molecular flexibility index (Phi) is 9.76. The zero-order chi connectivity index (χ0) is 21.9. The fourth-order valence-corrected chi connectivity index (χ4v) is 3.68. The first-order valence-electron chi connectivity index (χ1n) is 10.3. The summed E-state index contributed by atoms with van der Waals surface area (Å²) in [6, 6.07) is 7.83. The number of methoxy groups -OCH3 is 1. The van der Waals surface area contributed by atoms with E-state index in [4.69, 9.17) is 9.73 Å². The van der Waals surface area contributed by atoms with Crippen LogP contribution in [0.1, 0.15) is 56.0 Å². The van der Waals surface area contributed by atoms with Crippen molar-refractivity contribution in [2.45, 2.75) is 52.8 Å². The lowest BCUT2D eigenvalue weighted by molar-refractivity contribution is -0.116. The summed E-state index contributed by atoms with van der Waals surface area (Å²) in [5, 5.41) is 9.31. The van der Waals surface area contributed by atoms with Gasteiger partial charge in [-0.1, -0.05) is 19.1 Å². The molecule has 164 valence electrons. The number of hydrogen-bond donors (Lipinski definition) is 2. The molecule has 0 aliphatic rings. The second-order valence-electron chi connectivity index (χ2n) is 7.08. The van der Waals surface area contributed by atoms with Crippen LogP contribution < -0.4 is 10.6 Å². The SMILES string of the molecule is CCCC(=O)Nc1cccc(CN=C(NCC)N(C)Cc2csc(C(C)OC)n2)c1. The van der Waals surface area contributed by atoms with Crippen molar-refractivity contribution in [3.8, 4) is 0 Å². The number of carbonyl (C=O) groups excluding carboxylic acids is 1. The van der Waals surface area contributed by atoms with Gasteiger partial charge in [-0.3, -0.25) is 4.79 Å². The third-order valence-electron chi connectivity index (χ3n) is 4.47. The van der Waals surface area contributed by atoms with Crippen LogP contribution >= 0.6 is 11.3 Å². The molecular formula is C22H33N5O2S. The van der Waals surface area contributed by atoms with Crippen LogP contribution in [0.25, 0.3) is 0 Å². The first-order chi connectivity index (χ1) is 14.5. The predicted molar refractivity (Wildman–Crippen MR) is 124 cm³/mol. The van der Waals surface area contributed by atoms with E-state index < -0.39 is 0 Å². The van der Waals surface area contributed by atoms with Crippen molar-refractivity contribution in [3.63, 3.8) is 0 Å². The Morgan fingerprint density at radius 1 is 1.37 bits per heavy atom. The van der Waals surface area contributed by atoms with Gasteiger partial charge in [0.25, 0.3) is 0 Å². The average molecular weight is 432 g/mol. The standard InChI is InChI=1S/C22H33N5O2S/c1-6-9-20(28)25-18-11-8-10-17(12-18)13-24-22(23-7-2)27(4)14-19-15-30-21(26-19)16(3)29-5/h8,10-12,15-16H,6-7,9,13-14H2,1-5H3,(H,23,24)(H,25,28). The number of thiazole rings is 1. The van der Waals surface area contributed by atoms with Crippen LogP contribution in [0.3, 0.4) is 0 Å². The molecule has 1 aromatic heterocycles. The summed E-state index contributed by atoms with van der Waals surface area (Å²) in [7, 11) is 3.69. The third-order valence-corrected chi connectivity index (χ3v) is 5.52. The molecule has 0 aliphatic carbocycles. The molecule has 7 nitrogen and oxygen atoms in total. The number of guanidine groups is 1. The quantitative estimate of drug-likeness (QED) is 0.436. The number of amides is 1. The summed E-state index contributed by atoms with van der Waals surface area (Å²) in [6.07, 6.45) is 1.36. The van der Waals surface area contributed by atoms with E-state index in [1.54, 1.807) is 18.4 Å². The largest absolute Gasteiger partial charge is 0.375 e. The van der Waals surface area contributed by atoms with Crippen LogP contribution in [0.5, 0.6) is 0 Å². The Hall–Kier alpha value is -2.45. The number of ether oxygens (including phenoxy) is 1. The number of benzene rings is 1. The summed E-state index contributed by atoms with van der Waals surface area (Å²) in [4.78, 5) is 23.3. The van der Waals surface area contributed by atoms with E-state index in [9.17, 15) is 4.79 Å². The molecule has 0 spiro atoms. The van der Waals surface area contributed by atoms with Crippen molar-refractivity contribution in [1.29, 1.82) is 0 Å². The predicted octanol–water partition coefficient (Wildman–Crippen LogP) is 4.19. The van der Waals surface area contributed by atoms with Gasteiger partial charge in [0, 0.05) is 38.2 Å². The molecule has 8 heteroatoms. The number of aliphatic imine (C=N–C) groups is 1. The van der Waals surface area contributed by atoms with E-state index in [0.29, 0.717) is 19.5 Å². The van der Waals surface area contributed by atoms with E-state index in [2.05, 4.69) is 32.8 Å². The van der Waals surface area contributed by atoms with Gasteiger partial charge in [-0.15, -0.1) is 11.3 Å². The highest BCUT2D eigenvalue weighted by atomic mass is 32.1. The molecule has 1 amide bonds. The topological polar surface area (TPSA) is 78.9 Å². The molecule has 0 saturated heterocycles. The maximum atomic E-state index is 11.8. The maximum Gasteiger partial charge on any atom is 0.224 e. The highest BCUT2D eigenvalue weighted by Crippen LogP contribution is 2.21. The second-order valence-corrected chi connectivity index (χ2v) is 7.97. The van der Waals surface area contributed by atoms with Gasteiger partial charge in [0.05, 0.1) is 18.8 Å². The van der Waals surface area contributed by atoms with Crippen LogP contribution in [0.4, 0.5) is 5.69 Å². The molecule has 0 saturated carbocycles. The van der Waals surface area contributed by atoms with Crippen molar-refractivity contribution < 1.29 is 9.53 Å². The van der Waals surface area contributed by atoms with Crippen molar-refractivity contribution in [2.75, 3.05) is 26.0 Å². The van der Waals surface area contributed by atoms with Crippen molar-refractivity contribution in [3.05, 3.63) is 45.9 Å². The summed E-state index contributed by atoms with van der Waals surface area (Å²) in [5.41, 5.74) is 2.84. The highest BCUT2D eigenvalue weighted by molar-refractivity contribution is 7.09. The van der Waals surface area contributed by atoms with Gasteiger partial charge in [-0.2, -0.15) is 0 Å². The van der Waals surface area contributed by atoms with Crippen LogP contribution in [-0.2, 0) is 22.6 Å². The molecule has 0 aliphatic heterocycles. The molecule has 1 heterocycles. The van der Waals surface area contributed by atoms with Crippen molar-refractivity contribution in [2.24, 2.45) is 4.99 Å². The number of hydrogen-bond acceptors (Lipinski definition) is 5. The molecule has 0 radical (unpaired) electrons. The number of nitrogens with zero attached hydrogens (tertiary/aromatic N) is 3. The van der Waals surface area contributed by atoms with E-state index >= 15 is 0 Å². The molecule has 1 aromatic carbocycles. The Labute approximate surface area is 183 Å². The minimum absolute atomic E-state index is 0.000976. The second kappa shape index (κ2) is 12.3. The lowest BCUT2D eigenvalue weighted by atomic mass is 10.2. The summed E-state index contributed by atoms with van der Waals surface area (Å²) in [5.74, 6) is 0.851. The fraction of sp³-hybridized carbons (Fsp3) is 0.500. The molecule has 0 bridgehead atoms. The number of aromatic nitrogens is 1. The Balaban J connectivity index is 2.04. The number of rotatable bonds is 10. The Bertz CT molecular complexity index is 836. The minimum atomic E-state index is 0.000976. The number of anilines is 1. The van der Waals surface area contributed by atoms with Gasteiger partial charge in [-0.25, -0.2) is 9.98 Å². The fourth-order valence-electron chi connectivity index (χ4n) is 2.83.